The van der Waals surface area contributed by atoms with Gasteiger partial charge in [-0.3, -0.25) is 14.9 Å². The molecular formula is C12H14N4O5. The van der Waals surface area contributed by atoms with E-state index in [9.17, 15) is 19.7 Å². The zero-order valence-corrected chi connectivity index (χ0v) is 11.3. The molecule has 0 unspecified atom stereocenters. The highest BCUT2D eigenvalue weighted by Crippen LogP contribution is 2.22. The van der Waals surface area contributed by atoms with Crippen LogP contribution in [-0.2, 0) is 9.53 Å². The second-order valence-corrected chi connectivity index (χ2v) is 4.51. The number of rotatable bonds is 6. The summed E-state index contributed by atoms with van der Waals surface area (Å²) in [5, 5.41) is 16.2. The Kier molecular flexibility index (Phi) is 4.31. The van der Waals surface area contributed by atoms with Crippen LogP contribution >= 0.6 is 0 Å². The molecule has 9 heteroatoms. The number of esters is 1. The highest BCUT2D eigenvalue weighted by Gasteiger charge is 2.24. The van der Waals surface area contributed by atoms with Crippen molar-refractivity contribution in [3.63, 3.8) is 0 Å². The maximum atomic E-state index is 11.6. The van der Waals surface area contributed by atoms with Crippen molar-refractivity contribution >= 4 is 23.4 Å². The Labute approximate surface area is 119 Å². The van der Waals surface area contributed by atoms with Crippen LogP contribution in [-0.4, -0.2) is 41.5 Å². The number of ether oxygens (including phenoxy) is 1. The van der Waals surface area contributed by atoms with Gasteiger partial charge in [-0.1, -0.05) is 0 Å². The Morgan fingerprint density at radius 3 is 2.76 bits per heavy atom. The van der Waals surface area contributed by atoms with Crippen LogP contribution in [0.25, 0.3) is 0 Å². The second-order valence-electron chi connectivity index (χ2n) is 4.51. The van der Waals surface area contributed by atoms with Gasteiger partial charge in [-0.15, -0.1) is 0 Å². The molecule has 1 aliphatic rings. The molecule has 9 nitrogen and oxygen atoms in total. The number of nitrogens with zero attached hydrogens (tertiary/aromatic N) is 2. The predicted octanol–water partition coefficient (Wildman–Crippen LogP) is 0.467. The largest absolute Gasteiger partial charge is 0.464 e. The van der Waals surface area contributed by atoms with E-state index >= 15 is 0 Å². The van der Waals surface area contributed by atoms with Gasteiger partial charge in [0, 0.05) is 12.1 Å². The summed E-state index contributed by atoms with van der Waals surface area (Å²) in [7, 11) is 1.18. The third-order valence-electron chi connectivity index (χ3n) is 2.82. The summed E-state index contributed by atoms with van der Waals surface area (Å²) in [6, 6.07) is 2.53. The molecule has 1 amide bonds. The van der Waals surface area contributed by atoms with Crippen LogP contribution in [0, 0.1) is 10.1 Å². The third-order valence-corrected chi connectivity index (χ3v) is 2.82. The van der Waals surface area contributed by atoms with E-state index in [1.54, 1.807) is 0 Å². The molecule has 0 radical (unpaired) electrons. The van der Waals surface area contributed by atoms with Crippen LogP contribution < -0.4 is 10.6 Å². The number of amides is 1. The fourth-order valence-corrected chi connectivity index (χ4v) is 1.62. The smallest absolute Gasteiger partial charge is 0.356 e. The molecule has 0 spiro atoms. The third kappa shape index (κ3) is 3.88. The molecule has 0 aliphatic heterocycles. The minimum Gasteiger partial charge on any atom is -0.464 e. The highest BCUT2D eigenvalue weighted by atomic mass is 16.6. The summed E-state index contributed by atoms with van der Waals surface area (Å²) in [5.74, 6) is -1.14. The molecule has 0 atom stereocenters. The summed E-state index contributed by atoms with van der Waals surface area (Å²) >= 11 is 0. The van der Waals surface area contributed by atoms with Gasteiger partial charge in [0.05, 0.1) is 18.6 Å². The van der Waals surface area contributed by atoms with Crippen molar-refractivity contribution in [1.82, 2.24) is 10.3 Å². The molecule has 0 bridgehead atoms. The quantitative estimate of drug-likeness (QED) is 0.444. The van der Waals surface area contributed by atoms with Crippen molar-refractivity contribution < 1.29 is 19.2 Å². The number of pyridine rings is 1. The molecule has 1 fully saturated rings. The number of nitro groups is 1. The van der Waals surface area contributed by atoms with Gasteiger partial charge in [0.25, 0.3) is 0 Å². The topological polar surface area (TPSA) is 123 Å². The maximum Gasteiger partial charge on any atom is 0.356 e. The zero-order chi connectivity index (χ0) is 15.4. The Hall–Kier alpha value is -2.71. The van der Waals surface area contributed by atoms with E-state index in [1.165, 1.54) is 13.2 Å². The minimum atomic E-state index is -0.713. The molecule has 112 valence electrons. The number of methoxy groups -OCH3 is 1. The Morgan fingerprint density at radius 2 is 2.19 bits per heavy atom. The average Bonchev–Trinajstić information content (AvgIpc) is 3.27. The Bertz CT molecular complexity index is 585. The number of hydrogen-bond acceptors (Lipinski definition) is 7. The van der Waals surface area contributed by atoms with Crippen molar-refractivity contribution in [2.75, 3.05) is 19.0 Å². The molecule has 0 saturated heterocycles. The molecule has 1 aromatic heterocycles. The molecule has 2 rings (SSSR count). The molecule has 1 heterocycles. The summed E-state index contributed by atoms with van der Waals surface area (Å²) in [6.07, 6.45) is 1.89. The van der Waals surface area contributed by atoms with Crippen molar-refractivity contribution in [2.45, 2.75) is 18.9 Å². The van der Waals surface area contributed by atoms with E-state index < -0.39 is 10.9 Å². The van der Waals surface area contributed by atoms with Gasteiger partial charge in [0.2, 0.25) is 11.7 Å². The van der Waals surface area contributed by atoms with Crippen molar-refractivity contribution in [2.24, 2.45) is 0 Å². The van der Waals surface area contributed by atoms with Crippen LogP contribution in [0.15, 0.2) is 12.1 Å². The Balaban J connectivity index is 2.11. The number of anilines is 1. The number of carbonyl (C=O) groups is 2. The van der Waals surface area contributed by atoms with Gasteiger partial charge in [0.15, 0.2) is 5.69 Å². The van der Waals surface area contributed by atoms with Gasteiger partial charge in [0.1, 0.15) is 0 Å². The lowest BCUT2D eigenvalue weighted by atomic mass is 10.3. The first-order valence-corrected chi connectivity index (χ1v) is 6.28. The van der Waals surface area contributed by atoms with Crippen LogP contribution in [0.5, 0.6) is 0 Å². The maximum absolute atomic E-state index is 11.6. The summed E-state index contributed by atoms with van der Waals surface area (Å²) < 4.78 is 4.50. The molecule has 1 aromatic rings. The van der Waals surface area contributed by atoms with Gasteiger partial charge in [-0.05, 0) is 18.9 Å². The summed E-state index contributed by atoms with van der Waals surface area (Å²) in [4.78, 5) is 37.0. The molecule has 1 aliphatic carbocycles. The van der Waals surface area contributed by atoms with Crippen LogP contribution in [0.4, 0.5) is 11.5 Å². The normalized spacial score (nSPS) is 13.4. The van der Waals surface area contributed by atoms with Gasteiger partial charge >= 0.3 is 11.7 Å². The lowest BCUT2D eigenvalue weighted by Crippen LogP contribution is -2.31. The second kappa shape index (κ2) is 6.16. The molecular weight excluding hydrogens is 280 g/mol. The van der Waals surface area contributed by atoms with E-state index in [1.807, 2.05) is 0 Å². The zero-order valence-electron chi connectivity index (χ0n) is 11.3. The van der Waals surface area contributed by atoms with Crippen molar-refractivity contribution in [3.8, 4) is 0 Å². The average molecular weight is 294 g/mol. The van der Waals surface area contributed by atoms with E-state index in [4.69, 9.17) is 0 Å². The van der Waals surface area contributed by atoms with Gasteiger partial charge < -0.3 is 15.4 Å². The van der Waals surface area contributed by atoms with Gasteiger partial charge in [-0.25, -0.2) is 9.78 Å². The van der Waals surface area contributed by atoms with Crippen LogP contribution in [0.3, 0.4) is 0 Å². The first-order chi connectivity index (χ1) is 10.0. The predicted molar refractivity (Wildman–Crippen MR) is 71.9 cm³/mol. The SMILES string of the molecule is COC(=O)c1ccc([N+](=O)[O-])c(NCC(=O)NC2CC2)n1. The van der Waals surface area contributed by atoms with Crippen molar-refractivity contribution in [3.05, 3.63) is 27.9 Å². The summed E-state index contributed by atoms with van der Waals surface area (Å²) in [6.45, 7) is -0.158. The standard InChI is InChI=1S/C12H14N4O5/c1-21-12(18)8-4-5-9(16(19)20)11(15-8)13-6-10(17)14-7-2-3-7/h4-5,7H,2-3,6H2,1H3,(H,13,15)(H,14,17). The number of hydrogen-bond donors (Lipinski definition) is 2. The molecule has 2 N–H and O–H groups in total. The minimum absolute atomic E-state index is 0.0757. The van der Waals surface area contributed by atoms with E-state index in [0.717, 1.165) is 18.9 Å². The first kappa shape index (κ1) is 14.7. The monoisotopic (exact) mass is 294 g/mol. The highest BCUT2D eigenvalue weighted by molar-refractivity contribution is 5.88. The first-order valence-electron chi connectivity index (χ1n) is 6.28. The fourth-order valence-electron chi connectivity index (χ4n) is 1.62. The fraction of sp³-hybridized carbons (Fsp3) is 0.417. The summed E-state index contributed by atoms with van der Waals surface area (Å²) in [5.41, 5.74) is -0.393. The number of carbonyl (C=O) groups excluding carboxylic acids is 2. The van der Waals surface area contributed by atoms with E-state index in [0.29, 0.717) is 0 Å². The molecule has 1 saturated carbocycles. The Morgan fingerprint density at radius 1 is 1.48 bits per heavy atom. The molecule has 21 heavy (non-hydrogen) atoms. The van der Waals surface area contributed by atoms with Gasteiger partial charge in [-0.2, -0.15) is 0 Å². The number of nitrogens with one attached hydrogen (secondary N) is 2. The lowest BCUT2D eigenvalue weighted by Gasteiger charge is -2.08. The van der Waals surface area contributed by atoms with E-state index in [-0.39, 0.29) is 35.7 Å². The van der Waals surface area contributed by atoms with Crippen molar-refractivity contribution in [1.29, 1.82) is 0 Å². The van der Waals surface area contributed by atoms with E-state index in [2.05, 4.69) is 20.4 Å². The number of aromatic nitrogens is 1. The lowest BCUT2D eigenvalue weighted by molar-refractivity contribution is -0.384. The van der Waals surface area contributed by atoms with Crippen LogP contribution in [0.1, 0.15) is 23.3 Å². The molecule has 0 aromatic carbocycles. The van der Waals surface area contributed by atoms with Crippen LogP contribution in [0.2, 0.25) is 0 Å².